The Balaban J connectivity index is 1.68. The predicted molar refractivity (Wildman–Crippen MR) is 71.5 cm³/mol. The van der Waals surface area contributed by atoms with Crippen molar-refractivity contribution in [1.29, 1.82) is 0 Å². The minimum Gasteiger partial charge on any atom is -0.344 e. The first-order valence-electron chi connectivity index (χ1n) is 7.59. The Morgan fingerprint density at radius 3 is 2.74 bits per heavy atom. The lowest BCUT2D eigenvalue weighted by Crippen LogP contribution is -2.56. The first-order valence-corrected chi connectivity index (χ1v) is 7.59. The van der Waals surface area contributed by atoms with Crippen molar-refractivity contribution in [3.05, 3.63) is 0 Å². The van der Waals surface area contributed by atoms with E-state index in [1.807, 2.05) is 4.90 Å². The Bertz CT molecular complexity index is 366. The maximum absolute atomic E-state index is 12.6. The van der Waals surface area contributed by atoms with Crippen molar-refractivity contribution in [2.24, 2.45) is 0 Å². The molecule has 0 aromatic heterocycles. The van der Waals surface area contributed by atoms with E-state index in [2.05, 4.69) is 10.6 Å². The normalized spacial score (nSPS) is 35.5. The number of nitrogens with zero attached hydrogens (tertiary/aromatic N) is 1. The number of rotatable bonds is 2. The first-order chi connectivity index (χ1) is 9.25. The quantitative estimate of drug-likeness (QED) is 0.759. The summed E-state index contributed by atoms with van der Waals surface area (Å²) in [5, 5.41) is 6.34. The molecule has 0 spiro atoms. The van der Waals surface area contributed by atoms with Crippen LogP contribution in [0.25, 0.3) is 0 Å². The molecular weight excluding hydrogens is 242 g/mol. The molecule has 2 N–H and O–H groups in total. The van der Waals surface area contributed by atoms with Crippen molar-refractivity contribution in [2.45, 2.75) is 63.1 Å². The number of hydrogen-bond acceptors (Lipinski definition) is 3. The highest BCUT2D eigenvalue weighted by atomic mass is 16.2. The van der Waals surface area contributed by atoms with Crippen molar-refractivity contribution in [2.75, 3.05) is 13.1 Å². The van der Waals surface area contributed by atoms with Crippen LogP contribution in [0.1, 0.15) is 44.9 Å². The predicted octanol–water partition coefficient (Wildman–Crippen LogP) is 0.398. The topological polar surface area (TPSA) is 61.4 Å². The maximum Gasteiger partial charge on any atom is 0.245 e. The average Bonchev–Trinajstić information content (AvgIpc) is 3.09. The van der Waals surface area contributed by atoms with Gasteiger partial charge in [-0.1, -0.05) is 0 Å². The van der Waals surface area contributed by atoms with E-state index in [-0.39, 0.29) is 17.9 Å². The average molecular weight is 265 g/mol. The summed E-state index contributed by atoms with van der Waals surface area (Å²) in [6, 6.07) is 0.525. The van der Waals surface area contributed by atoms with Crippen LogP contribution in [0.15, 0.2) is 0 Å². The first kappa shape index (κ1) is 12.9. The SMILES string of the molecule is O=C1CCC(C(=O)N2CCCCC2C2CCCN2)N1. The van der Waals surface area contributed by atoms with E-state index in [4.69, 9.17) is 0 Å². The molecule has 0 aromatic carbocycles. The Hall–Kier alpha value is -1.10. The standard InChI is InChI=1S/C14H23N3O2/c18-13-7-6-11(16-13)14(19)17-9-2-1-5-12(17)10-4-3-8-15-10/h10-12,15H,1-9H2,(H,16,18). The molecule has 3 unspecified atom stereocenters. The fraction of sp³-hybridized carbons (Fsp3) is 0.857. The number of carbonyl (C=O) groups excluding carboxylic acids is 2. The summed E-state index contributed by atoms with van der Waals surface area (Å²) < 4.78 is 0. The molecule has 0 radical (unpaired) electrons. The minimum atomic E-state index is -0.269. The Labute approximate surface area is 114 Å². The number of nitrogens with one attached hydrogen (secondary N) is 2. The zero-order valence-corrected chi connectivity index (χ0v) is 11.4. The van der Waals surface area contributed by atoms with Crippen LogP contribution in [0.5, 0.6) is 0 Å². The van der Waals surface area contributed by atoms with E-state index < -0.39 is 0 Å². The molecule has 3 fully saturated rings. The summed E-state index contributed by atoms with van der Waals surface area (Å²) in [6.07, 6.45) is 6.95. The minimum absolute atomic E-state index is 0.0194. The zero-order valence-electron chi connectivity index (χ0n) is 11.4. The second kappa shape index (κ2) is 5.49. The van der Waals surface area contributed by atoms with Gasteiger partial charge in [-0.15, -0.1) is 0 Å². The lowest BCUT2D eigenvalue weighted by molar-refractivity contribution is -0.138. The van der Waals surface area contributed by atoms with Crippen LogP contribution < -0.4 is 10.6 Å². The van der Waals surface area contributed by atoms with Crippen LogP contribution in [0.2, 0.25) is 0 Å². The van der Waals surface area contributed by atoms with Gasteiger partial charge in [-0.2, -0.15) is 0 Å². The van der Waals surface area contributed by atoms with Gasteiger partial charge in [-0.3, -0.25) is 9.59 Å². The van der Waals surface area contributed by atoms with Crippen molar-refractivity contribution in [3.63, 3.8) is 0 Å². The molecular formula is C14H23N3O2. The van der Waals surface area contributed by atoms with Crippen molar-refractivity contribution in [3.8, 4) is 0 Å². The van der Waals surface area contributed by atoms with Gasteiger partial charge in [-0.25, -0.2) is 0 Å². The summed E-state index contributed by atoms with van der Waals surface area (Å²) in [5.74, 6) is 0.162. The lowest BCUT2D eigenvalue weighted by atomic mass is 9.93. The fourth-order valence-electron chi connectivity index (χ4n) is 3.69. The van der Waals surface area contributed by atoms with Crippen molar-refractivity contribution < 1.29 is 9.59 Å². The molecule has 3 rings (SSSR count). The summed E-state index contributed by atoms with van der Waals surface area (Å²) in [7, 11) is 0. The van der Waals surface area contributed by atoms with Gasteiger partial charge in [0.2, 0.25) is 11.8 Å². The van der Waals surface area contributed by atoms with Gasteiger partial charge in [0.25, 0.3) is 0 Å². The molecule has 3 aliphatic rings. The number of carbonyl (C=O) groups is 2. The molecule has 19 heavy (non-hydrogen) atoms. The van der Waals surface area contributed by atoms with Crippen LogP contribution in [0.4, 0.5) is 0 Å². The van der Waals surface area contributed by atoms with Crippen LogP contribution >= 0.6 is 0 Å². The molecule has 3 heterocycles. The van der Waals surface area contributed by atoms with Crippen molar-refractivity contribution >= 4 is 11.8 Å². The van der Waals surface area contributed by atoms with E-state index in [0.717, 1.165) is 25.9 Å². The smallest absolute Gasteiger partial charge is 0.245 e. The fourth-order valence-corrected chi connectivity index (χ4v) is 3.69. The van der Waals surface area contributed by atoms with Crippen LogP contribution in [-0.4, -0.2) is 47.9 Å². The van der Waals surface area contributed by atoms with Gasteiger partial charge in [0.15, 0.2) is 0 Å². The largest absolute Gasteiger partial charge is 0.344 e. The Morgan fingerprint density at radius 2 is 2.05 bits per heavy atom. The Morgan fingerprint density at radius 1 is 1.16 bits per heavy atom. The van der Waals surface area contributed by atoms with E-state index in [0.29, 0.717) is 24.9 Å². The molecule has 3 atom stereocenters. The molecule has 5 heteroatoms. The third kappa shape index (κ3) is 2.61. The zero-order chi connectivity index (χ0) is 13.2. The molecule has 5 nitrogen and oxygen atoms in total. The van der Waals surface area contributed by atoms with E-state index in [9.17, 15) is 9.59 Å². The van der Waals surface area contributed by atoms with Gasteiger partial charge in [0.1, 0.15) is 6.04 Å². The van der Waals surface area contributed by atoms with E-state index in [1.54, 1.807) is 0 Å². The third-order valence-corrected chi connectivity index (χ3v) is 4.69. The molecule has 0 aromatic rings. The molecule has 3 saturated heterocycles. The van der Waals surface area contributed by atoms with E-state index in [1.165, 1.54) is 19.3 Å². The summed E-state index contributed by atoms with van der Waals surface area (Å²) in [6.45, 7) is 1.93. The van der Waals surface area contributed by atoms with Gasteiger partial charge < -0.3 is 15.5 Å². The maximum atomic E-state index is 12.6. The van der Waals surface area contributed by atoms with Gasteiger partial charge in [-0.05, 0) is 45.1 Å². The third-order valence-electron chi connectivity index (χ3n) is 4.69. The highest BCUT2D eigenvalue weighted by Gasteiger charge is 2.38. The number of hydrogen-bond donors (Lipinski definition) is 2. The molecule has 0 aliphatic carbocycles. The highest BCUT2D eigenvalue weighted by Crippen LogP contribution is 2.26. The van der Waals surface area contributed by atoms with Crippen LogP contribution in [0.3, 0.4) is 0 Å². The lowest BCUT2D eigenvalue weighted by Gasteiger charge is -2.40. The van der Waals surface area contributed by atoms with Gasteiger partial charge in [0.05, 0.1) is 0 Å². The van der Waals surface area contributed by atoms with Crippen LogP contribution in [-0.2, 0) is 9.59 Å². The number of amides is 2. The number of likely N-dealkylation sites (tertiary alicyclic amines) is 1. The van der Waals surface area contributed by atoms with Gasteiger partial charge >= 0.3 is 0 Å². The molecule has 0 saturated carbocycles. The van der Waals surface area contributed by atoms with Crippen LogP contribution in [0, 0.1) is 0 Å². The highest BCUT2D eigenvalue weighted by molar-refractivity contribution is 5.91. The second-order valence-corrected chi connectivity index (χ2v) is 5.96. The molecule has 2 amide bonds. The molecule has 0 bridgehead atoms. The van der Waals surface area contributed by atoms with E-state index >= 15 is 0 Å². The number of piperidine rings is 1. The summed E-state index contributed by atoms with van der Waals surface area (Å²) in [5.41, 5.74) is 0. The molecule has 3 aliphatic heterocycles. The molecule has 106 valence electrons. The summed E-state index contributed by atoms with van der Waals surface area (Å²) in [4.78, 5) is 25.9. The van der Waals surface area contributed by atoms with Gasteiger partial charge in [0, 0.05) is 25.0 Å². The monoisotopic (exact) mass is 265 g/mol. The second-order valence-electron chi connectivity index (χ2n) is 5.96. The summed E-state index contributed by atoms with van der Waals surface area (Å²) >= 11 is 0. The Kier molecular flexibility index (Phi) is 3.73. The van der Waals surface area contributed by atoms with Crippen molar-refractivity contribution in [1.82, 2.24) is 15.5 Å².